The molecule has 1 aromatic carbocycles. The normalized spacial score (nSPS) is 21.6. The van der Waals surface area contributed by atoms with Crippen LogP contribution in [0.15, 0.2) is 24.3 Å². The Morgan fingerprint density at radius 2 is 1.86 bits per heavy atom. The number of aliphatic hydroxyl groups excluding tert-OH is 2. The Morgan fingerprint density at radius 1 is 1.21 bits per heavy atom. The fourth-order valence-electron chi connectivity index (χ4n) is 3.13. The minimum Gasteiger partial charge on any atom is -0.400 e. The highest BCUT2D eigenvalue weighted by Gasteiger charge is 2.28. The van der Waals surface area contributed by atoms with E-state index in [1.807, 2.05) is 38.2 Å². The smallest absolute Gasteiger partial charge is 0.314 e. The zero-order chi connectivity index (χ0) is 20.9. The summed E-state index contributed by atoms with van der Waals surface area (Å²) in [4.78, 5) is 14.0. The van der Waals surface area contributed by atoms with Crippen LogP contribution in [-0.2, 0) is 11.2 Å². The predicted molar refractivity (Wildman–Crippen MR) is 105 cm³/mol. The van der Waals surface area contributed by atoms with E-state index in [-0.39, 0.29) is 18.2 Å². The second-order valence-corrected chi connectivity index (χ2v) is 6.81. The third-order valence-electron chi connectivity index (χ3n) is 4.67. The number of quaternary nitrogens is 1. The highest BCUT2D eigenvalue weighted by molar-refractivity contribution is 5.73. The van der Waals surface area contributed by atoms with E-state index >= 15 is 0 Å². The molecule has 1 aliphatic rings. The van der Waals surface area contributed by atoms with Crippen molar-refractivity contribution >= 4 is 11.7 Å². The van der Waals surface area contributed by atoms with Crippen LogP contribution in [0.4, 0.5) is 10.5 Å². The molecular weight excluding hydrogens is 364 g/mol. The van der Waals surface area contributed by atoms with Gasteiger partial charge in [0, 0.05) is 51.3 Å². The van der Waals surface area contributed by atoms with Crippen LogP contribution in [0.1, 0.15) is 25.3 Å². The molecule has 1 fully saturated rings. The number of hydrogen-bond acceptors (Lipinski definition) is 6. The number of rotatable bonds is 8. The number of aliphatic hydroxyl groups is 2. The van der Waals surface area contributed by atoms with Crippen molar-refractivity contribution in [2.75, 3.05) is 33.8 Å². The van der Waals surface area contributed by atoms with Gasteiger partial charge in [0.2, 0.25) is 0 Å². The van der Waals surface area contributed by atoms with Gasteiger partial charge in [-0.05, 0) is 32.4 Å². The summed E-state index contributed by atoms with van der Waals surface area (Å²) in [6.07, 6.45) is 1.56. The molecule has 1 heterocycles. The van der Waals surface area contributed by atoms with Gasteiger partial charge < -0.3 is 30.5 Å². The van der Waals surface area contributed by atoms with Gasteiger partial charge in [0.1, 0.15) is 0 Å². The van der Waals surface area contributed by atoms with Gasteiger partial charge in [-0.2, -0.15) is 5.48 Å². The first-order valence-corrected chi connectivity index (χ1v) is 9.54. The third kappa shape index (κ3) is 8.96. The third-order valence-corrected chi connectivity index (χ3v) is 4.67. The second kappa shape index (κ2) is 13.4. The lowest BCUT2D eigenvalue weighted by Gasteiger charge is -2.36. The molecule has 9 heteroatoms. The van der Waals surface area contributed by atoms with Gasteiger partial charge in [-0.1, -0.05) is 12.1 Å². The number of amides is 2. The van der Waals surface area contributed by atoms with Gasteiger partial charge in [0.15, 0.2) is 12.0 Å². The van der Waals surface area contributed by atoms with E-state index in [0.717, 1.165) is 43.2 Å². The van der Waals surface area contributed by atoms with Crippen molar-refractivity contribution < 1.29 is 30.4 Å². The van der Waals surface area contributed by atoms with Crippen LogP contribution in [-0.4, -0.2) is 78.6 Å². The number of nitrogens with one attached hydrogen (secondary N) is 2. The number of nitrogens with zero attached hydrogens (tertiary/aromatic N) is 1. The summed E-state index contributed by atoms with van der Waals surface area (Å²) in [6.45, 7) is 3.78. The maximum atomic E-state index is 11.9. The minimum atomic E-state index is -0.702. The number of nitrogens with two attached hydrogens (primary N) is 1. The number of ether oxygens (including phenoxy) is 1. The molecule has 0 saturated carbocycles. The van der Waals surface area contributed by atoms with Crippen LogP contribution in [0.2, 0.25) is 0 Å². The summed E-state index contributed by atoms with van der Waals surface area (Å²) >= 11 is 0. The molecule has 0 spiro atoms. The maximum Gasteiger partial charge on any atom is 0.314 e. The van der Waals surface area contributed by atoms with E-state index in [4.69, 9.17) is 15.1 Å². The van der Waals surface area contributed by atoms with E-state index in [0.29, 0.717) is 19.5 Å². The van der Waals surface area contributed by atoms with Crippen LogP contribution in [0, 0.1) is 0 Å². The molecule has 3 unspecified atom stereocenters. The number of likely N-dealkylation sites (N-methyl/N-ethyl adjacent to an activating group) is 1. The number of carbonyl (C=O) groups is 1. The zero-order valence-corrected chi connectivity index (χ0v) is 17.0. The number of benzene rings is 1. The summed E-state index contributed by atoms with van der Waals surface area (Å²) in [5, 5.41) is 31.3. The van der Waals surface area contributed by atoms with Crippen LogP contribution in [0.25, 0.3) is 0 Å². The SMILES string of the molecule is CC1CC(N(C)CCNC(=O)NCCc2ccc([NH2+]O)cc2)CC(O)O1.CO. The minimum absolute atomic E-state index is 0.0480. The molecule has 9 nitrogen and oxygen atoms in total. The van der Waals surface area contributed by atoms with Crippen molar-refractivity contribution in [1.29, 1.82) is 0 Å². The van der Waals surface area contributed by atoms with Gasteiger partial charge >= 0.3 is 6.03 Å². The number of urea groups is 1. The van der Waals surface area contributed by atoms with Crippen molar-refractivity contribution in [1.82, 2.24) is 15.5 Å². The van der Waals surface area contributed by atoms with E-state index in [9.17, 15) is 9.90 Å². The molecule has 3 atom stereocenters. The molecular formula is C19H35N4O5+. The van der Waals surface area contributed by atoms with E-state index < -0.39 is 6.29 Å². The molecule has 1 aromatic rings. The second-order valence-electron chi connectivity index (χ2n) is 6.81. The molecule has 160 valence electrons. The van der Waals surface area contributed by atoms with Gasteiger partial charge in [0.05, 0.1) is 6.10 Å². The average Bonchev–Trinajstić information content (AvgIpc) is 2.69. The summed E-state index contributed by atoms with van der Waals surface area (Å²) in [6, 6.07) is 7.61. The Bertz CT molecular complexity index is 548. The van der Waals surface area contributed by atoms with Crippen LogP contribution < -0.4 is 16.1 Å². The molecule has 0 bridgehead atoms. The average molecular weight is 400 g/mol. The lowest BCUT2D eigenvalue weighted by atomic mass is 10.0. The summed E-state index contributed by atoms with van der Waals surface area (Å²) in [5.41, 5.74) is 2.92. The molecule has 0 aromatic heterocycles. The Kier molecular flexibility index (Phi) is 11.7. The first kappa shape index (κ1) is 24.3. The van der Waals surface area contributed by atoms with Crippen molar-refractivity contribution in [2.45, 2.75) is 44.6 Å². The molecule has 28 heavy (non-hydrogen) atoms. The van der Waals surface area contributed by atoms with Crippen LogP contribution >= 0.6 is 0 Å². The Labute approximate surface area is 166 Å². The maximum absolute atomic E-state index is 11.9. The summed E-state index contributed by atoms with van der Waals surface area (Å²) in [5.74, 6) is 0. The standard InChI is InChI=1S/C18H30N4O4.CH4O/c1-13-11-16(12-17(23)26-13)22(2)10-9-20-18(24)19-8-7-14-3-5-15(21-25)6-4-14;1-2/h3-6,13,16-17,21,23,25H,7-12H2,1-2H3,(H2,19,20,24);2H,1H3/p+1. The van der Waals surface area contributed by atoms with Gasteiger partial charge in [0.25, 0.3) is 0 Å². The summed E-state index contributed by atoms with van der Waals surface area (Å²) < 4.78 is 5.34. The molecule has 0 aliphatic carbocycles. The molecule has 7 N–H and O–H groups in total. The first-order chi connectivity index (χ1) is 13.5. The fraction of sp³-hybridized carbons (Fsp3) is 0.632. The van der Waals surface area contributed by atoms with E-state index in [1.54, 1.807) is 0 Å². The number of hydrogen-bond donors (Lipinski definition) is 6. The van der Waals surface area contributed by atoms with Crippen molar-refractivity contribution in [3.63, 3.8) is 0 Å². The fourth-order valence-corrected chi connectivity index (χ4v) is 3.13. The quantitative estimate of drug-likeness (QED) is 0.259. The monoisotopic (exact) mass is 399 g/mol. The highest BCUT2D eigenvalue weighted by Crippen LogP contribution is 2.21. The van der Waals surface area contributed by atoms with Crippen LogP contribution in [0.3, 0.4) is 0 Å². The van der Waals surface area contributed by atoms with Gasteiger partial charge in [-0.15, -0.1) is 0 Å². The molecule has 0 radical (unpaired) electrons. The number of carbonyl (C=O) groups excluding carboxylic acids is 1. The van der Waals surface area contributed by atoms with Crippen molar-refractivity contribution in [2.24, 2.45) is 0 Å². The van der Waals surface area contributed by atoms with Gasteiger partial charge in [-0.3, -0.25) is 0 Å². The van der Waals surface area contributed by atoms with Crippen molar-refractivity contribution in [3.05, 3.63) is 29.8 Å². The highest BCUT2D eigenvalue weighted by atomic mass is 16.6. The van der Waals surface area contributed by atoms with Crippen molar-refractivity contribution in [3.8, 4) is 0 Å². The Morgan fingerprint density at radius 3 is 2.46 bits per heavy atom. The molecule has 1 aliphatic heterocycles. The van der Waals surface area contributed by atoms with Gasteiger partial charge in [-0.25, -0.2) is 10.0 Å². The molecule has 2 amide bonds. The lowest BCUT2D eigenvalue weighted by molar-refractivity contribution is -0.825. The largest absolute Gasteiger partial charge is 0.400 e. The molecule has 2 rings (SSSR count). The van der Waals surface area contributed by atoms with E-state index in [2.05, 4.69) is 15.5 Å². The first-order valence-electron chi connectivity index (χ1n) is 9.54. The zero-order valence-electron chi connectivity index (χ0n) is 17.0. The lowest BCUT2D eigenvalue weighted by Crippen LogP contribution is -2.73. The Balaban J connectivity index is 0.00000190. The predicted octanol–water partition coefficient (Wildman–Crippen LogP) is -0.461. The van der Waals surface area contributed by atoms with Crippen LogP contribution in [0.5, 0.6) is 0 Å². The Hall–Kier alpha value is -1.75. The van der Waals surface area contributed by atoms with E-state index in [1.165, 1.54) is 0 Å². The summed E-state index contributed by atoms with van der Waals surface area (Å²) in [7, 11) is 3.00. The topological polar surface area (TPSA) is 131 Å². The molecule has 1 saturated heterocycles.